The number of benzene rings is 2. The van der Waals surface area contributed by atoms with Crippen LogP contribution in [0.5, 0.6) is 0 Å². The van der Waals surface area contributed by atoms with Crippen LogP contribution in [0.25, 0.3) is 0 Å². The van der Waals surface area contributed by atoms with Gasteiger partial charge in [-0.25, -0.2) is 0 Å². The van der Waals surface area contributed by atoms with Crippen LogP contribution >= 0.6 is 9.24 Å². The van der Waals surface area contributed by atoms with Crippen molar-refractivity contribution in [2.45, 2.75) is 32.4 Å². The summed E-state index contributed by atoms with van der Waals surface area (Å²) in [6, 6.07) is 21.4. The van der Waals surface area contributed by atoms with E-state index >= 15 is 0 Å². The molecule has 0 aromatic heterocycles. The van der Waals surface area contributed by atoms with Gasteiger partial charge in [0.25, 0.3) is 0 Å². The van der Waals surface area contributed by atoms with Crippen molar-refractivity contribution in [2.24, 2.45) is 0 Å². The average molecular weight is 377 g/mol. The van der Waals surface area contributed by atoms with Crippen LogP contribution in [-0.4, -0.2) is 28.2 Å². The van der Waals surface area contributed by atoms with Gasteiger partial charge in [-0.05, 0) is 38.1 Å². The summed E-state index contributed by atoms with van der Waals surface area (Å²) < 4.78 is 19.1. The highest BCUT2D eigenvalue weighted by Gasteiger charge is 2.47. The largest absolute Gasteiger partial charge is 0.502 e. The van der Waals surface area contributed by atoms with Crippen LogP contribution in [-0.2, 0) is 18.9 Å². The number of hydrogen-bond donors (Lipinski definition) is 0. The summed E-state index contributed by atoms with van der Waals surface area (Å²) in [5.41, 5.74) is 1.57. The van der Waals surface area contributed by atoms with Gasteiger partial charge in [0.05, 0.1) is 0 Å². The van der Waals surface area contributed by atoms with E-state index in [2.05, 4.69) is 40.4 Å². The maximum atomic E-state index is 6.80. The Morgan fingerprint density at radius 2 is 1.28 bits per heavy atom. The third-order valence-corrected chi connectivity index (χ3v) is 8.13. The molecule has 0 amide bonds. The highest BCUT2D eigenvalue weighted by atomic mass is 31.0. The maximum absolute atomic E-state index is 6.80. The minimum Gasteiger partial charge on any atom is -0.374 e. The smallest absolute Gasteiger partial charge is 0.374 e. The Kier molecular flexibility index (Phi) is 7.79. The first kappa shape index (κ1) is 20.3. The lowest BCUT2D eigenvalue weighted by molar-refractivity contribution is -0.000439. The quantitative estimate of drug-likeness (QED) is 0.438. The molecule has 0 saturated heterocycles. The molecule has 0 aliphatic heterocycles. The molecule has 5 heteroatoms. The molecule has 2 rings (SSSR count). The van der Waals surface area contributed by atoms with Gasteiger partial charge in [0.1, 0.15) is 5.60 Å². The lowest BCUT2D eigenvalue weighted by Gasteiger charge is -2.40. The summed E-state index contributed by atoms with van der Waals surface area (Å²) in [5.74, 6) is 0. The molecule has 0 bridgehead atoms. The molecule has 1 atom stereocenters. The fourth-order valence-corrected chi connectivity index (χ4v) is 6.76. The van der Waals surface area contributed by atoms with Crippen LogP contribution in [0.1, 0.15) is 31.9 Å². The van der Waals surface area contributed by atoms with Gasteiger partial charge >= 0.3 is 8.80 Å². The standard InChI is InChI=1S/C20H29O3PSi/c1-4-21-25(17-16-24,22-5-2)23-20(3,18-12-8-6-9-13-18)19-14-10-7-11-15-19/h6-15H,4-5,16-17,24H2,1-3H3. The number of rotatable bonds is 10. The van der Waals surface area contributed by atoms with Crippen molar-refractivity contribution in [1.82, 2.24) is 0 Å². The second kappa shape index (κ2) is 9.61. The molecular formula is C20H29O3PSi. The van der Waals surface area contributed by atoms with E-state index in [1.165, 1.54) is 0 Å². The van der Waals surface area contributed by atoms with E-state index in [1.54, 1.807) is 0 Å². The van der Waals surface area contributed by atoms with Crippen LogP contribution in [0.4, 0.5) is 0 Å². The first-order chi connectivity index (χ1) is 12.1. The summed E-state index contributed by atoms with van der Waals surface area (Å²) in [5, 5.41) is 0. The number of hydrogen-bond acceptors (Lipinski definition) is 3. The molecule has 0 spiro atoms. The zero-order valence-electron chi connectivity index (χ0n) is 15.4. The van der Waals surface area contributed by atoms with Crippen LogP contribution in [0.3, 0.4) is 0 Å². The third kappa shape index (κ3) is 4.99. The summed E-state index contributed by atoms with van der Waals surface area (Å²) in [7, 11) is -0.0527. The Bertz CT molecular complexity index is 565. The maximum Gasteiger partial charge on any atom is 0.502 e. The van der Waals surface area contributed by atoms with Crippen molar-refractivity contribution in [3.63, 3.8) is 0 Å². The molecule has 0 aliphatic carbocycles. The van der Waals surface area contributed by atoms with E-state index in [9.17, 15) is 0 Å². The van der Waals surface area contributed by atoms with Crippen molar-refractivity contribution in [3.05, 3.63) is 71.8 Å². The predicted molar refractivity (Wildman–Crippen MR) is 109 cm³/mol. The molecule has 0 aliphatic rings. The fourth-order valence-electron chi connectivity index (χ4n) is 3.02. The van der Waals surface area contributed by atoms with Crippen molar-refractivity contribution >= 4 is 18.0 Å². The topological polar surface area (TPSA) is 27.7 Å². The SMILES string of the molecule is CCO[Si](CCP)(OCC)OC(C)(c1ccccc1)c1ccccc1. The summed E-state index contributed by atoms with van der Waals surface area (Å²) in [6.07, 6.45) is 0.881. The summed E-state index contributed by atoms with van der Waals surface area (Å²) in [6.45, 7) is 7.26. The molecule has 2 aromatic rings. The van der Waals surface area contributed by atoms with Crippen LogP contribution < -0.4 is 0 Å². The van der Waals surface area contributed by atoms with Crippen LogP contribution in [0, 0.1) is 0 Å². The van der Waals surface area contributed by atoms with E-state index in [0.717, 1.165) is 23.3 Å². The normalized spacial score (nSPS) is 12.3. The second-order valence-electron chi connectivity index (χ2n) is 5.96. The average Bonchev–Trinajstić information content (AvgIpc) is 2.64. The molecule has 0 heterocycles. The summed E-state index contributed by atoms with van der Waals surface area (Å²) >= 11 is 0. The monoisotopic (exact) mass is 376 g/mol. The van der Waals surface area contributed by atoms with E-state index in [1.807, 2.05) is 50.2 Å². The van der Waals surface area contributed by atoms with E-state index in [-0.39, 0.29) is 0 Å². The van der Waals surface area contributed by atoms with Crippen molar-refractivity contribution in [3.8, 4) is 0 Å². The zero-order valence-corrected chi connectivity index (χ0v) is 17.6. The van der Waals surface area contributed by atoms with Gasteiger partial charge in [-0.2, -0.15) is 0 Å². The minimum atomic E-state index is -2.82. The molecule has 0 radical (unpaired) electrons. The van der Waals surface area contributed by atoms with Crippen LogP contribution in [0.2, 0.25) is 6.04 Å². The molecule has 0 fully saturated rings. The highest BCUT2D eigenvalue weighted by molar-refractivity contribution is 7.16. The highest BCUT2D eigenvalue weighted by Crippen LogP contribution is 2.37. The molecule has 3 nitrogen and oxygen atoms in total. The molecule has 1 unspecified atom stereocenters. The Balaban J connectivity index is 2.51. The van der Waals surface area contributed by atoms with Gasteiger partial charge in [-0.1, -0.05) is 60.7 Å². The molecule has 2 aromatic carbocycles. The molecule has 25 heavy (non-hydrogen) atoms. The fraction of sp³-hybridized carbons (Fsp3) is 0.400. The van der Waals surface area contributed by atoms with Gasteiger partial charge in [-0.15, -0.1) is 9.24 Å². The van der Waals surface area contributed by atoms with Crippen molar-refractivity contribution in [1.29, 1.82) is 0 Å². The molecule has 136 valence electrons. The Hall–Kier alpha value is -1.03. The molecule has 0 N–H and O–H groups in total. The minimum absolute atomic E-state index is 0.580. The first-order valence-electron chi connectivity index (χ1n) is 8.89. The lowest BCUT2D eigenvalue weighted by atomic mass is 9.88. The van der Waals surface area contributed by atoms with Gasteiger partial charge < -0.3 is 13.3 Å². The van der Waals surface area contributed by atoms with E-state index in [4.69, 9.17) is 13.3 Å². The van der Waals surface area contributed by atoms with Crippen molar-refractivity contribution < 1.29 is 13.3 Å². The first-order valence-corrected chi connectivity index (χ1v) is 11.6. The van der Waals surface area contributed by atoms with E-state index < -0.39 is 14.4 Å². The van der Waals surface area contributed by atoms with E-state index in [0.29, 0.717) is 13.2 Å². The van der Waals surface area contributed by atoms with Gasteiger partial charge in [-0.3, -0.25) is 0 Å². The van der Waals surface area contributed by atoms with Gasteiger partial charge in [0, 0.05) is 19.3 Å². The Morgan fingerprint density at radius 3 is 1.64 bits per heavy atom. The predicted octanol–water partition coefficient (Wildman–Crippen LogP) is 4.85. The van der Waals surface area contributed by atoms with Crippen molar-refractivity contribution in [2.75, 3.05) is 19.4 Å². The summed E-state index contributed by atoms with van der Waals surface area (Å²) in [4.78, 5) is 0. The molecular weight excluding hydrogens is 347 g/mol. The van der Waals surface area contributed by atoms with Crippen LogP contribution in [0.15, 0.2) is 60.7 Å². The molecule has 0 saturated carbocycles. The second-order valence-corrected chi connectivity index (χ2v) is 9.18. The third-order valence-electron chi connectivity index (χ3n) is 4.19. The van der Waals surface area contributed by atoms with Gasteiger partial charge in [0.2, 0.25) is 0 Å². The zero-order chi connectivity index (χ0) is 18.2. The van der Waals surface area contributed by atoms with Gasteiger partial charge in [0.15, 0.2) is 0 Å². The Morgan fingerprint density at radius 1 is 0.840 bits per heavy atom. The lowest BCUT2D eigenvalue weighted by Crippen LogP contribution is -2.52. The Labute approximate surface area is 155 Å².